The monoisotopic (exact) mass is 361 g/mol. The van der Waals surface area contributed by atoms with Crippen LogP contribution in [0.1, 0.15) is 22.5 Å². The second-order valence-corrected chi connectivity index (χ2v) is 6.70. The second-order valence-electron chi connectivity index (χ2n) is 6.70. The Morgan fingerprint density at radius 3 is 2.52 bits per heavy atom. The van der Waals surface area contributed by atoms with Crippen molar-refractivity contribution in [2.24, 2.45) is 4.99 Å². The summed E-state index contributed by atoms with van der Waals surface area (Å²) >= 11 is 0. The molecule has 1 heterocycles. The zero-order valence-electron chi connectivity index (χ0n) is 16.3. The summed E-state index contributed by atoms with van der Waals surface area (Å²) in [6.45, 7) is 4.35. The van der Waals surface area contributed by atoms with Gasteiger partial charge in [-0.2, -0.15) is 0 Å². The van der Waals surface area contributed by atoms with Crippen LogP contribution in [0.2, 0.25) is 0 Å². The van der Waals surface area contributed by atoms with Gasteiger partial charge in [-0.15, -0.1) is 0 Å². The first-order valence-electron chi connectivity index (χ1n) is 9.17. The molecule has 0 aliphatic rings. The van der Waals surface area contributed by atoms with Gasteiger partial charge < -0.3 is 14.8 Å². The Bertz CT molecular complexity index is 865. The second kappa shape index (κ2) is 9.03. The van der Waals surface area contributed by atoms with Crippen molar-refractivity contribution in [1.29, 1.82) is 0 Å². The van der Waals surface area contributed by atoms with E-state index in [1.54, 1.807) is 0 Å². The first-order valence-corrected chi connectivity index (χ1v) is 9.17. The fourth-order valence-corrected chi connectivity index (χ4v) is 3.02. The van der Waals surface area contributed by atoms with Gasteiger partial charge in [0.25, 0.3) is 0 Å². The average Bonchev–Trinajstić information content (AvgIpc) is 3.12. The van der Waals surface area contributed by atoms with E-state index < -0.39 is 0 Å². The van der Waals surface area contributed by atoms with Crippen molar-refractivity contribution in [3.8, 4) is 0 Å². The van der Waals surface area contributed by atoms with E-state index in [-0.39, 0.29) is 0 Å². The van der Waals surface area contributed by atoms with Gasteiger partial charge in [-0.3, -0.25) is 4.99 Å². The molecule has 0 aliphatic heterocycles. The molecule has 3 aromatic rings. The summed E-state index contributed by atoms with van der Waals surface area (Å²) in [5.41, 5.74) is 3.79. The normalized spacial score (nSPS) is 11.4. The molecule has 0 fully saturated rings. The van der Waals surface area contributed by atoms with Gasteiger partial charge in [0.15, 0.2) is 5.96 Å². The van der Waals surface area contributed by atoms with Crippen LogP contribution in [0.3, 0.4) is 0 Å². The number of hydrogen-bond donors (Lipinski definition) is 1. The molecule has 0 amide bonds. The highest BCUT2D eigenvalue weighted by atomic mass is 15.3. The minimum absolute atomic E-state index is 0.630. The Kier molecular flexibility index (Phi) is 6.26. The molecular weight excluding hydrogens is 334 g/mol. The maximum absolute atomic E-state index is 4.50. The Hall–Kier alpha value is -3.08. The summed E-state index contributed by atoms with van der Waals surface area (Å²) in [6.07, 6.45) is 3.86. The van der Waals surface area contributed by atoms with Gasteiger partial charge in [-0.1, -0.05) is 60.2 Å². The Morgan fingerprint density at radius 1 is 1.07 bits per heavy atom. The minimum atomic E-state index is 0.630. The lowest BCUT2D eigenvalue weighted by Crippen LogP contribution is -2.38. The van der Waals surface area contributed by atoms with Crippen LogP contribution < -0.4 is 5.32 Å². The molecule has 140 valence electrons. The van der Waals surface area contributed by atoms with Gasteiger partial charge >= 0.3 is 0 Å². The molecule has 3 rings (SSSR count). The summed E-state index contributed by atoms with van der Waals surface area (Å²) in [7, 11) is 3.86. The fourth-order valence-electron chi connectivity index (χ4n) is 3.02. The average molecular weight is 361 g/mol. The van der Waals surface area contributed by atoms with Crippen LogP contribution in [0, 0.1) is 6.92 Å². The van der Waals surface area contributed by atoms with Crippen LogP contribution in [-0.2, 0) is 19.6 Å². The highest BCUT2D eigenvalue weighted by Crippen LogP contribution is 2.08. The number of rotatable bonds is 6. The maximum atomic E-state index is 4.50. The number of nitrogens with one attached hydrogen (secondary N) is 1. The predicted molar refractivity (Wildman–Crippen MR) is 111 cm³/mol. The van der Waals surface area contributed by atoms with E-state index in [9.17, 15) is 0 Å². The first kappa shape index (κ1) is 18.7. The lowest BCUT2D eigenvalue weighted by atomic mass is 10.1. The standard InChI is InChI=1S/C22H27N5/c1-18-9-11-20(12-10-18)16-26(3)22(23-2)25-15-21-24-13-14-27(21)17-19-7-5-4-6-8-19/h4-14H,15-17H2,1-3H3,(H,23,25). The van der Waals surface area contributed by atoms with E-state index in [2.05, 4.69) is 80.2 Å². The van der Waals surface area contributed by atoms with Crippen molar-refractivity contribution in [1.82, 2.24) is 19.8 Å². The topological polar surface area (TPSA) is 45.5 Å². The molecule has 1 N–H and O–H groups in total. The predicted octanol–water partition coefficient (Wildman–Crippen LogP) is 3.45. The molecule has 0 unspecified atom stereocenters. The molecule has 5 heteroatoms. The third kappa shape index (κ3) is 5.20. The highest BCUT2D eigenvalue weighted by molar-refractivity contribution is 5.79. The van der Waals surface area contributed by atoms with E-state index in [0.29, 0.717) is 6.54 Å². The molecule has 0 saturated heterocycles. The molecule has 5 nitrogen and oxygen atoms in total. The minimum Gasteiger partial charge on any atom is -0.349 e. The number of guanidine groups is 1. The smallest absolute Gasteiger partial charge is 0.194 e. The van der Waals surface area contributed by atoms with E-state index in [4.69, 9.17) is 0 Å². The molecule has 27 heavy (non-hydrogen) atoms. The largest absolute Gasteiger partial charge is 0.349 e. The van der Waals surface area contributed by atoms with Crippen molar-refractivity contribution in [2.45, 2.75) is 26.6 Å². The van der Waals surface area contributed by atoms with Gasteiger partial charge in [0.2, 0.25) is 0 Å². The number of aliphatic imine (C=N–C) groups is 1. The van der Waals surface area contributed by atoms with Gasteiger partial charge in [0, 0.05) is 39.6 Å². The van der Waals surface area contributed by atoms with Gasteiger partial charge in [0.1, 0.15) is 5.82 Å². The summed E-state index contributed by atoms with van der Waals surface area (Å²) in [4.78, 5) is 11.0. The summed E-state index contributed by atoms with van der Waals surface area (Å²) in [5, 5.41) is 3.42. The fraction of sp³-hybridized carbons (Fsp3) is 0.273. The van der Waals surface area contributed by atoms with Crippen LogP contribution in [0.15, 0.2) is 72.0 Å². The number of aryl methyl sites for hydroxylation is 1. The lowest BCUT2D eigenvalue weighted by Gasteiger charge is -2.22. The van der Waals surface area contributed by atoms with Crippen molar-refractivity contribution in [3.63, 3.8) is 0 Å². The Balaban J connectivity index is 1.60. The van der Waals surface area contributed by atoms with Gasteiger partial charge in [0.05, 0.1) is 6.54 Å². The van der Waals surface area contributed by atoms with Crippen LogP contribution in [-0.4, -0.2) is 34.5 Å². The zero-order chi connectivity index (χ0) is 19.1. The molecule has 0 radical (unpaired) electrons. The number of imidazole rings is 1. The number of hydrogen-bond acceptors (Lipinski definition) is 2. The summed E-state index contributed by atoms with van der Waals surface area (Å²) < 4.78 is 2.16. The van der Waals surface area contributed by atoms with E-state index >= 15 is 0 Å². The quantitative estimate of drug-likeness (QED) is 0.540. The van der Waals surface area contributed by atoms with Crippen molar-refractivity contribution in [2.75, 3.05) is 14.1 Å². The van der Waals surface area contributed by atoms with Crippen LogP contribution >= 0.6 is 0 Å². The number of aromatic nitrogens is 2. The number of nitrogens with zero attached hydrogens (tertiary/aromatic N) is 4. The highest BCUT2D eigenvalue weighted by Gasteiger charge is 2.09. The first-order chi connectivity index (χ1) is 13.2. The summed E-state index contributed by atoms with van der Waals surface area (Å²) in [5.74, 6) is 1.84. The molecule has 0 aliphatic carbocycles. The van der Waals surface area contributed by atoms with Crippen molar-refractivity contribution >= 4 is 5.96 Å². The van der Waals surface area contributed by atoms with Crippen molar-refractivity contribution < 1.29 is 0 Å². The molecule has 0 saturated carbocycles. The Morgan fingerprint density at radius 2 is 1.81 bits per heavy atom. The van der Waals surface area contributed by atoms with Crippen LogP contribution in [0.4, 0.5) is 0 Å². The third-order valence-electron chi connectivity index (χ3n) is 4.52. The van der Waals surface area contributed by atoms with Crippen molar-refractivity contribution in [3.05, 3.63) is 89.5 Å². The van der Waals surface area contributed by atoms with Crippen LogP contribution in [0.5, 0.6) is 0 Å². The van der Waals surface area contributed by atoms with E-state index in [1.165, 1.54) is 16.7 Å². The van der Waals surface area contributed by atoms with E-state index in [1.807, 2.05) is 32.6 Å². The molecule has 0 atom stereocenters. The lowest BCUT2D eigenvalue weighted by molar-refractivity contribution is 0.474. The molecule has 2 aromatic carbocycles. The third-order valence-corrected chi connectivity index (χ3v) is 4.52. The van der Waals surface area contributed by atoms with E-state index in [0.717, 1.165) is 24.9 Å². The zero-order valence-corrected chi connectivity index (χ0v) is 16.3. The van der Waals surface area contributed by atoms with Crippen LogP contribution in [0.25, 0.3) is 0 Å². The molecular formula is C22H27N5. The maximum Gasteiger partial charge on any atom is 0.194 e. The number of benzene rings is 2. The summed E-state index contributed by atoms with van der Waals surface area (Å²) in [6, 6.07) is 19.0. The van der Waals surface area contributed by atoms with Gasteiger partial charge in [-0.25, -0.2) is 4.98 Å². The SMILES string of the molecule is CN=C(NCc1nccn1Cc1ccccc1)N(C)Cc1ccc(C)cc1. The molecule has 0 bridgehead atoms. The molecule has 0 spiro atoms. The Labute approximate surface area is 161 Å². The molecule has 1 aromatic heterocycles. The van der Waals surface area contributed by atoms with Gasteiger partial charge in [-0.05, 0) is 18.1 Å².